The van der Waals surface area contributed by atoms with Crippen LogP contribution in [-0.4, -0.2) is 11.8 Å². The van der Waals surface area contributed by atoms with Gasteiger partial charge in [0.2, 0.25) is 0 Å². The van der Waals surface area contributed by atoms with Gasteiger partial charge in [-0.25, -0.2) is 0 Å². The summed E-state index contributed by atoms with van der Waals surface area (Å²) in [6, 6.07) is 7.69. The summed E-state index contributed by atoms with van der Waals surface area (Å²) >= 11 is 4.57. The van der Waals surface area contributed by atoms with Crippen molar-refractivity contribution in [1.82, 2.24) is 5.32 Å². The molecule has 4 heteroatoms. The van der Waals surface area contributed by atoms with Gasteiger partial charge in [-0.2, -0.15) is 0 Å². The van der Waals surface area contributed by atoms with Crippen LogP contribution in [0.3, 0.4) is 0 Å². The second kappa shape index (κ2) is 6.09. The zero-order chi connectivity index (χ0) is 10.4. The Bertz CT molecular complexity index is 299. The molecule has 14 heavy (non-hydrogen) atoms. The Kier molecular flexibility index (Phi) is 5.04. The zero-order valence-corrected chi connectivity index (χ0v) is 10.3. The Labute approximate surface area is 96.6 Å². The monoisotopic (exact) mass is 273 g/mol. The molecule has 0 saturated heterocycles. The fourth-order valence-electron chi connectivity index (χ4n) is 0.873. The molecule has 0 saturated carbocycles. The maximum atomic E-state index is 11.3. The standard InChI is InChI=1S/C10H12BrNOS/c1-2-7-12-10(13)14-9-5-3-8(11)4-6-9/h3-6H,2,7H2,1H3,(H,12,13). The van der Waals surface area contributed by atoms with Gasteiger partial charge in [-0.15, -0.1) is 0 Å². The summed E-state index contributed by atoms with van der Waals surface area (Å²) in [4.78, 5) is 12.3. The molecule has 0 fully saturated rings. The third-order valence-corrected chi connectivity index (χ3v) is 2.91. The molecular formula is C10H12BrNOS. The second-order valence-corrected chi connectivity index (χ2v) is 4.73. The van der Waals surface area contributed by atoms with E-state index in [1.807, 2.05) is 31.2 Å². The van der Waals surface area contributed by atoms with E-state index in [-0.39, 0.29) is 5.24 Å². The zero-order valence-electron chi connectivity index (χ0n) is 7.92. The molecule has 1 aromatic carbocycles. The number of benzene rings is 1. The molecule has 0 aromatic heterocycles. The predicted octanol–water partition coefficient (Wildman–Crippen LogP) is 3.66. The van der Waals surface area contributed by atoms with Crippen LogP contribution in [0.4, 0.5) is 4.79 Å². The summed E-state index contributed by atoms with van der Waals surface area (Å²) < 4.78 is 1.02. The third kappa shape index (κ3) is 4.15. The van der Waals surface area contributed by atoms with E-state index < -0.39 is 0 Å². The number of nitrogens with one attached hydrogen (secondary N) is 1. The van der Waals surface area contributed by atoms with Crippen molar-refractivity contribution in [2.24, 2.45) is 0 Å². The smallest absolute Gasteiger partial charge is 0.283 e. The molecule has 1 rings (SSSR count). The minimum atomic E-state index is 0.00849. The first-order valence-corrected chi connectivity index (χ1v) is 6.04. The molecule has 0 aliphatic heterocycles. The van der Waals surface area contributed by atoms with E-state index in [9.17, 15) is 4.79 Å². The maximum Gasteiger partial charge on any atom is 0.283 e. The normalized spacial score (nSPS) is 9.86. The van der Waals surface area contributed by atoms with Gasteiger partial charge >= 0.3 is 0 Å². The van der Waals surface area contributed by atoms with Gasteiger partial charge in [-0.3, -0.25) is 4.79 Å². The Morgan fingerprint density at radius 2 is 2.07 bits per heavy atom. The van der Waals surface area contributed by atoms with Crippen molar-refractivity contribution in [3.05, 3.63) is 28.7 Å². The molecule has 2 nitrogen and oxygen atoms in total. The molecule has 0 heterocycles. The fraction of sp³-hybridized carbons (Fsp3) is 0.300. The lowest BCUT2D eigenvalue weighted by Crippen LogP contribution is -2.18. The largest absolute Gasteiger partial charge is 0.347 e. The fourth-order valence-corrected chi connectivity index (χ4v) is 1.80. The molecule has 0 bridgehead atoms. The number of hydrogen-bond acceptors (Lipinski definition) is 2. The molecule has 76 valence electrons. The molecule has 0 unspecified atom stereocenters. The molecule has 0 spiro atoms. The van der Waals surface area contributed by atoms with Gasteiger partial charge in [-0.1, -0.05) is 22.9 Å². The van der Waals surface area contributed by atoms with Crippen molar-refractivity contribution in [3.63, 3.8) is 0 Å². The van der Waals surface area contributed by atoms with E-state index in [2.05, 4.69) is 21.2 Å². The third-order valence-electron chi connectivity index (χ3n) is 1.54. The highest BCUT2D eigenvalue weighted by atomic mass is 79.9. The van der Waals surface area contributed by atoms with Crippen molar-refractivity contribution < 1.29 is 4.79 Å². The van der Waals surface area contributed by atoms with Crippen molar-refractivity contribution >= 4 is 32.9 Å². The molecule has 1 aromatic rings. The highest BCUT2D eigenvalue weighted by Gasteiger charge is 2.02. The van der Waals surface area contributed by atoms with Crippen LogP contribution in [0, 0.1) is 0 Å². The first-order valence-electron chi connectivity index (χ1n) is 4.43. The van der Waals surface area contributed by atoms with Crippen molar-refractivity contribution in [2.75, 3.05) is 6.54 Å². The summed E-state index contributed by atoms with van der Waals surface area (Å²) in [7, 11) is 0. The van der Waals surface area contributed by atoms with Gasteiger partial charge in [0, 0.05) is 15.9 Å². The van der Waals surface area contributed by atoms with Crippen LogP contribution in [0.1, 0.15) is 13.3 Å². The molecule has 1 amide bonds. The van der Waals surface area contributed by atoms with Gasteiger partial charge in [0.25, 0.3) is 5.24 Å². The molecule has 0 aliphatic carbocycles. The average Bonchev–Trinajstić information content (AvgIpc) is 2.18. The highest BCUT2D eigenvalue weighted by Crippen LogP contribution is 2.20. The second-order valence-electron chi connectivity index (χ2n) is 2.77. The first-order chi connectivity index (χ1) is 6.72. The lowest BCUT2D eigenvalue weighted by Gasteiger charge is -2.02. The number of rotatable bonds is 3. The van der Waals surface area contributed by atoms with Crippen LogP contribution in [0.5, 0.6) is 0 Å². The molecule has 0 atom stereocenters. The Hall–Kier alpha value is -0.480. The Balaban J connectivity index is 2.44. The molecule has 0 radical (unpaired) electrons. The Morgan fingerprint density at radius 1 is 1.43 bits per heavy atom. The lowest BCUT2D eigenvalue weighted by atomic mass is 10.4. The number of hydrogen-bond donors (Lipinski definition) is 1. The van der Waals surface area contributed by atoms with Crippen LogP contribution >= 0.6 is 27.7 Å². The van der Waals surface area contributed by atoms with Gasteiger partial charge in [0.1, 0.15) is 0 Å². The van der Waals surface area contributed by atoms with Crippen molar-refractivity contribution in [2.45, 2.75) is 18.2 Å². The first kappa shape index (κ1) is 11.6. The maximum absolute atomic E-state index is 11.3. The van der Waals surface area contributed by atoms with Gasteiger partial charge < -0.3 is 5.32 Å². The highest BCUT2D eigenvalue weighted by molar-refractivity contribution is 9.10. The molecular weight excluding hydrogens is 262 g/mol. The Morgan fingerprint density at radius 3 is 2.64 bits per heavy atom. The SMILES string of the molecule is CCCNC(=O)Sc1ccc(Br)cc1. The summed E-state index contributed by atoms with van der Waals surface area (Å²) in [5, 5.41) is 2.82. The van der Waals surface area contributed by atoms with Gasteiger partial charge in [0.05, 0.1) is 0 Å². The number of thioether (sulfide) groups is 1. The average molecular weight is 274 g/mol. The molecule has 1 N–H and O–H groups in total. The van der Waals surface area contributed by atoms with Crippen LogP contribution < -0.4 is 5.32 Å². The molecule has 0 aliphatic rings. The summed E-state index contributed by atoms with van der Waals surface area (Å²) in [5.74, 6) is 0. The number of halogens is 1. The van der Waals surface area contributed by atoms with E-state index >= 15 is 0 Å². The minimum Gasteiger partial charge on any atom is -0.347 e. The summed E-state index contributed by atoms with van der Waals surface area (Å²) in [5.41, 5.74) is 0. The summed E-state index contributed by atoms with van der Waals surface area (Å²) in [6.45, 7) is 2.77. The van der Waals surface area contributed by atoms with E-state index in [0.717, 1.165) is 22.3 Å². The van der Waals surface area contributed by atoms with Gasteiger partial charge in [-0.05, 0) is 42.4 Å². The number of amides is 1. The topological polar surface area (TPSA) is 29.1 Å². The minimum absolute atomic E-state index is 0.00849. The van der Waals surface area contributed by atoms with Crippen LogP contribution in [-0.2, 0) is 0 Å². The number of carbonyl (C=O) groups excluding carboxylic acids is 1. The predicted molar refractivity (Wildman–Crippen MR) is 63.7 cm³/mol. The van der Waals surface area contributed by atoms with Gasteiger partial charge in [0.15, 0.2) is 0 Å². The lowest BCUT2D eigenvalue weighted by molar-refractivity contribution is 0.260. The van der Waals surface area contributed by atoms with Crippen molar-refractivity contribution in [3.8, 4) is 0 Å². The van der Waals surface area contributed by atoms with Crippen LogP contribution in [0.2, 0.25) is 0 Å². The summed E-state index contributed by atoms with van der Waals surface area (Å²) in [6.07, 6.45) is 0.965. The van der Waals surface area contributed by atoms with Crippen molar-refractivity contribution in [1.29, 1.82) is 0 Å². The van der Waals surface area contributed by atoms with E-state index in [4.69, 9.17) is 0 Å². The van der Waals surface area contributed by atoms with E-state index in [1.54, 1.807) is 0 Å². The van der Waals surface area contributed by atoms with Crippen LogP contribution in [0.15, 0.2) is 33.6 Å². The van der Waals surface area contributed by atoms with E-state index in [0.29, 0.717) is 0 Å². The van der Waals surface area contributed by atoms with E-state index in [1.165, 1.54) is 11.8 Å². The quantitative estimate of drug-likeness (QED) is 0.852. The van der Waals surface area contributed by atoms with Crippen LogP contribution in [0.25, 0.3) is 0 Å². The number of carbonyl (C=O) groups is 1.